The highest BCUT2D eigenvalue weighted by Crippen LogP contribution is 2.27. The van der Waals surface area contributed by atoms with Gasteiger partial charge in [-0.25, -0.2) is 8.42 Å². The first-order valence-electron chi connectivity index (χ1n) is 6.99. The van der Waals surface area contributed by atoms with Gasteiger partial charge < -0.3 is 5.73 Å². The van der Waals surface area contributed by atoms with E-state index in [0.717, 1.165) is 16.3 Å². The molecule has 0 spiro atoms. The third kappa shape index (κ3) is 4.55. The first-order valence-corrected chi connectivity index (χ1v) is 10.6. The van der Waals surface area contributed by atoms with Crippen LogP contribution in [0, 0.1) is 0 Å². The number of rotatable bonds is 5. The fourth-order valence-corrected chi connectivity index (χ4v) is 6.57. The summed E-state index contributed by atoms with van der Waals surface area (Å²) >= 11 is 3.40. The smallest absolute Gasteiger partial charge is 0.215 e. The number of nitrogen functional groups attached to an aromatic ring is 1. The van der Waals surface area contributed by atoms with Crippen LogP contribution >= 0.6 is 23.5 Å². The highest BCUT2D eigenvalue weighted by molar-refractivity contribution is 8.01. The molecule has 0 saturated carbocycles. The zero-order valence-electron chi connectivity index (χ0n) is 12.4. The number of hydrogen-bond donors (Lipinski definition) is 1. The zero-order valence-corrected chi connectivity index (χ0v) is 14.8. The van der Waals surface area contributed by atoms with Crippen LogP contribution in [-0.4, -0.2) is 47.8 Å². The van der Waals surface area contributed by atoms with Crippen molar-refractivity contribution in [3.8, 4) is 0 Å². The van der Waals surface area contributed by atoms with Gasteiger partial charge in [0.2, 0.25) is 10.0 Å². The van der Waals surface area contributed by atoms with Crippen LogP contribution in [0.25, 0.3) is 0 Å². The van der Waals surface area contributed by atoms with Crippen LogP contribution in [0.15, 0.2) is 29.2 Å². The van der Waals surface area contributed by atoms with E-state index in [4.69, 9.17) is 5.73 Å². The van der Waals surface area contributed by atoms with Crippen molar-refractivity contribution in [1.29, 1.82) is 0 Å². The molecule has 2 N–H and O–H groups in total. The quantitative estimate of drug-likeness (QED) is 0.656. The second kappa shape index (κ2) is 7.26. The third-order valence-corrected chi connectivity index (χ3v) is 8.23. The molecular weight excluding hydrogens is 324 g/mol. The van der Waals surface area contributed by atoms with Gasteiger partial charge in [0, 0.05) is 39.9 Å². The molecule has 0 bridgehead atoms. The SMILES string of the molecule is CC1SCCN(S(=O)(=O)CCSc2ccc(N)cc2)C1C. The van der Waals surface area contributed by atoms with Crippen molar-refractivity contribution in [3.05, 3.63) is 24.3 Å². The third-order valence-electron chi connectivity index (χ3n) is 3.67. The molecule has 0 radical (unpaired) electrons. The Balaban J connectivity index is 1.90. The number of nitrogens with two attached hydrogens (primary N) is 1. The fourth-order valence-electron chi connectivity index (χ4n) is 2.24. The molecular formula is C14H22N2O2S3. The Bertz CT molecular complexity index is 560. The van der Waals surface area contributed by atoms with Gasteiger partial charge in [0.25, 0.3) is 0 Å². The minimum Gasteiger partial charge on any atom is -0.399 e. The summed E-state index contributed by atoms with van der Waals surface area (Å²) in [6.45, 7) is 4.73. The molecule has 0 aromatic heterocycles. The van der Waals surface area contributed by atoms with E-state index in [9.17, 15) is 8.42 Å². The van der Waals surface area contributed by atoms with Crippen LogP contribution in [-0.2, 0) is 10.0 Å². The summed E-state index contributed by atoms with van der Waals surface area (Å²) in [4.78, 5) is 1.05. The fraction of sp³-hybridized carbons (Fsp3) is 0.571. The summed E-state index contributed by atoms with van der Waals surface area (Å²) in [6.07, 6.45) is 0. The molecule has 1 aliphatic rings. The first-order chi connectivity index (χ1) is 9.90. The topological polar surface area (TPSA) is 63.4 Å². The van der Waals surface area contributed by atoms with E-state index >= 15 is 0 Å². The van der Waals surface area contributed by atoms with Crippen molar-refractivity contribution >= 4 is 39.2 Å². The van der Waals surface area contributed by atoms with E-state index in [0.29, 0.717) is 17.5 Å². The average molecular weight is 347 g/mol. The van der Waals surface area contributed by atoms with E-state index in [1.54, 1.807) is 16.1 Å². The van der Waals surface area contributed by atoms with Crippen LogP contribution in [0.5, 0.6) is 0 Å². The molecule has 118 valence electrons. The van der Waals surface area contributed by atoms with E-state index in [1.165, 1.54) is 0 Å². The Labute approximate surface area is 135 Å². The molecule has 1 aromatic rings. The Kier molecular flexibility index (Phi) is 5.88. The molecule has 2 rings (SSSR count). The van der Waals surface area contributed by atoms with Crippen LogP contribution in [0.1, 0.15) is 13.8 Å². The maximum absolute atomic E-state index is 12.5. The molecule has 2 atom stereocenters. The minimum atomic E-state index is -3.17. The van der Waals surface area contributed by atoms with E-state index in [-0.39, 0.29) is 11.8 Å². The lowest BCUT2D eigenvalue weighted by Gasteiger charge is -2.36. The molecule has 0 aliphatic carbocycles. The maximum atomic E-state index is 12.5. The van der Waals surface area contributed by atoms with Crippen LogP contribution in [0.3, 0.4) is 0 Å². The Morgan fingerprint density at radius 3 is 2.67 bits per heavy atom. The maximum Gasteiger partial charge on any atom is 0.215 e. The van der Waals surface area contributed by atoms with Crippen LogP contribution in [0.4, 0.5) is 5.69 Å². The zero-order chi connectivity index (χ0) is 15.5. The number of sulfonamides is 1. The van der Waals surface area contributed by atoms with Gasteiger partial charge in [-0.05, 0) is 31.2 Å². The molecule has 2 unspecified atom stereocenters. The Hall–Kier alpha value is -0.370. The summed E-state index contributed by atoms with van der Waals surface area (Å²) in [5, 5.41) is 0.360. The van der Waals surface area contributed by atoms with Gasteiger partial charge in [-0.15, -0.1) is 11.8 Å². The molecule has 1 aliphatic heterocycles. The van der Waals surface area contributed by atoms with Crippen molar-refractivity contribution in [2.45, 2.75) is 30.0 Å². The summed E-state index contributed by atoms with van der Waals surface area (Å²) in [5.74, 6) is 1.64. The second-order valence-electron chi connectivity index (χ2n) is 5.16. The standard InChI is InChI=1S/C14H22N2O2S3/c1-11-12(2)19-8-7-16(11)21(17,18)10-9-20-14-5-3-13(15)4-6-14/h3-6,11-12H,7-10,15H2,1-2H3. The lowest BCUT2D eigenvalue weighted by Crippen LogP contribution is -2.48. The van der Waals surface area contributed by atoms with Gasteiger partial charge in [0.15, 0.2) is 0 Å². The summed E-state index contributed by atoms with van der Waals surface area (Å²) in [5.41, 5.74) is 6.36. The number of anilines is 1. The minimum absolute atomic E-state index is 0.0790. The molecule has 7 heteroatoms. The predicted octanol–water partition coefficient (Wildman–Crippen LogP) is 2.52. The monoisotopic (exact) mass is 346 g/mol. The van der Waals surface area contributed by atoms with Crippen molar-refractivity contribution in [3.63, 3.8) is 0 Å². The highest BCUT2D eigenvalue weighted by Gasteiger charge is 2.33. The van der Waals surface area contributed by atoms with Crippen LogP contribution in [0.2, 0.25) is 0 Å². The van der Waals surface area contributed by atoms with Crippen molar-refractivity contribution < 1.29 is 8.42 Å². The predicted molar refractivity (Wildman–Crippen MR) is 93.5 cm³/mol. The van der Waals surface area contributed by atoms with E-state index < -0.39 is 10.0 Å². The number of thioether (sulfide) groups is 2. The number of benzene rings is 1. The summed E-state index contributed by atoms with van der Waals surface area (Å²) in [7, 11) is -3.17. The van der Waals surface area contributed by atoms with Gasteiger partial charge in [-0.1, -0.05) is 6.92 Å². The molecule has 1 heterocycles. The number of nitrogens with zero attached hydrogens (tertiary/aromatic N) is 1. The lowest BCUT2D eigenvalue weighted by atomic mass is 10.2. The van der Waals surface area contributed by atoms with Crippen LogP contribution < -0.4 is 5.73 Å². The molecule has 1 aromatic carbocycles. The summed E-state index contributed by atoms with van der Waals surface area (Å²) in [6, 6.07) is 7.60. The summed E-state index contributed by atoms with van der Waals surface area (Å²) < 4.78 is 26.6. The molecule has 1 saturated heterocycles. The van der Waals surface area contributed by atoms with Gasteiger partial charge in [0.1, 0.15) is 0 Å². The van der Waals surface area contributed by atoms with Gasteiger partial charge >= 0.3 is 0 Å². The van der Waals surface area contributed by atoms with E-state index in [2.05, 4.69) is 6.92 Å². The van der Waals surface area contributed by atoms with E-state index in [1.807, 2.05) is 43.0 Å². The molecule has 0 amide bonds. The normalized spacial score (nSPS) is 24.1. The Morgan fingerprint density at radius 1 is 1.33 bits per heavy atom. The second-order valence-corrected chi connectivity index (χ2v) is 9.86. The van der Waals surface area contributed by atoms with Gasteiger partial charge in [-0.2, -0.15) is 16.1 Å². The van der Waals surface area contributed by atoms with Crippen molar-refractivity contribution in [2.24, 2.45) is 0 Å². The molecule has 1 fully saturated rings. The van der Waals surface area contributed by atoms with Gasteiger partial charge in [-0.3, -0.25) is 0 Å². The largest absolute Gasteiger partial charge is 0.399 e. The molecule has 4 nitrogen and oxygen atoms in total. The number of hydrogen-bond acceptors (Lipinski definition) is 5. The van der Waals surface area contributed by atoms with Crippen molar-refractivity contribution in [2.75, 3.05) is 29.5 Å². The molecule has 21 heavy (non-hydrogen) atoms. The Morgan fingerprint density at radius 2 is 2.00 bits per heavy atom. The lowest BCUT2D eigenvalue weighted by molar-refractivity contribution is 0.341. The van der Waals surface area contributed by atoms with Crippen molar-refractivity contribution in [1.82, 2.24) is 4.31 Å². The highest BCUT2D eigenvalue weighted by atomic mass is 32.2. The first kappa shape index (κ1) is 17.0. The van der Waals surface area contributed by atoms with Gasteiger partial charge in [0.05, 0.1) is 5.75 Å². The average Bonchev–Trinajstić information content (AvgIpc) is 2.44.